The predicted octanol–water partition coefficient (Wildman–Crippen LogP) is 5.26. The number of hydrogen-bond acceptors (Lipinski definition) is 10. The summed E-state index contributed by atoms with van der Waals surface area (Å²) in [5, 5.41) is 0. The summed E-state index contributed by atoms with van der Waals surface area (Å²) in [7, 11) is 0. The summed E-state index contributed by atoms with van der Waals surface area (Å²) in [5.74, 6) is 0.854. The molecule has 0 N–H and O–H groups in total. The quantitative estimate of drug-likeness (QED) is 0.115. The third kappa shape index (κ3) is 11.9. The molecule has 0 spiro atoms. The third-order valence-electron chi connectivity index (χ3n) is 5.49. The van der Waals surface area contributed by atoms with Gasteiger partial charge in [0.15, 0.2) is 20.4 Å². The zero-order valence-electron chi connectivity index (χ0n) is 23.5. The van der Waals surface area contributed by atoms with Crippen molar-refractivity contribution in [3.8, 4) is 17.2 Å². The Kier molecular flexibility index (Phi) is 13.4. The van der Waals surface area contributed by atoms with Gasteiger partial charge in [-0.05, 0) is 81.4 Å². The van der Waals surface area contributed by atoms with Crippen LogP contribution in [0.1, 0.15) is 41.5 Å². The lowest BCUT2D eigenvalue weighted by Crippen LogP contribution is -2.21. The fourth-order valence-corrected chi connectivity index (χ4v) is 3.17. The maximum absolute atomic E-state index is 12.3. The molecule has 10 heteroatoms. The lowest BCUT2D eigenvalue weighted by atomic mass is 10.2. The van der Waals surface area contributed by atoms with Gasteiger partial charge in [-0.3, -0.25) is 0 Å². The SMILES string of the molecule is CCOCOc1ccc(C(=O)OCC(C)OCOc2ccc(C(=O)OCC(C)OCOc3ccccc3)cc2)cc1. The molecule has 3 aromatic rings. The lowest BCUT2D eigenvalue weighted by Gasteiger charge is -2.15. The highest BCUT2D eigenvalue weighted by molar-refractivity contribution is 5.90. The molecule has 0 radical (unpaired) electrons. The summed E-state index contributed by atoms with van der Waals surface area (Å²) in [6.07, 6.45) is -0.737. The van der Waals surface area contributed by atoms with E-state index < -0.39 is 18.0 Å². The van der Waals surface area contributed by atoms with Gasteiger partial charge < -0.3 is 37.9 Å². The minimum absolute atomic E-state index is 0.0517. The van der Waals surface area contributed by atoms with Crippen molar-refractivity contribution in [3.63, 3.8) is 0 Å². The third-order valence-corrected chi connectivity index (χ3v) is 5.49. The highest BCUT2D eigenvalue weighted by Crippen LogP contribution is 2.15. The second-order valence-corrected chi connectivity index (χ2v) is 8.79. The Morgan fingerprint density at radius 2 is 1.00 bits per heavy atom. The van der Waals surface area contributed by atoms with Gasteiger partial charge in [-0.2, -0.15) is 0 Å². The van der Waals surface area contributed by atoms with E-state index in [1.54, 1.807) is 62.4 Å². The molecule has 0 heterocycles. The van der Waals surface area contributed by atoms with Crippen LogP contribution < -0.4 is 14.2 Å². The maximum atomic E-state index is 12.3. The van der Waals surface area contributed by atoms with Gasteiger partial charge in [0.25, 0.3) is 0 Å². The van der Waals surface area contributed by atoms with E-state index >= 15 is 0 Å². The Bertz CT molecular complexity index is 1170. The second-order valence-electron chi connectivity index (χ2n) is 8.79. The van der Waals surface area contributed by atoms with E-state index in [0.717, 1.165) is 0 Å². The zero-order chi connectivity index (χ0) is 29.3. The number of esters is 2. The molecule has 0 bridgehead atoms. The molecule has 41 heavy (non-hydrogen) atoms. The van der Waals surface area contributed by atoms with Crippen LogP contribution in [0.4, 0.5) is 0 Å². The van der Waals surface area contributed by atoms with E-state index in [4.69, 9.17) is 37.9 Å². The Morgan fingerprint density at radius 3 is 1.44 bits per heavy atom. The molecule has 0 aromatic heterocycles. The number of hydrogen-bond donors (Lipinski definition) is 0. The second kappa shape index (κ2) is 17.5. The van der Waals surface area contributed by atoms with Crippen molar-refractivity contribution in [1.82, 2.24) is 0 Å². The van der Waals surface area contributed by atoms with Gasteiger partial charge in [-0.25, -0.2) is 9.59 Å². The molecule has 3 rings (SSSR count). The van der Waals surface area contributed by atoms with E-state index in [0.29, 0.717) is 35.0 Å². The summed E-state index contributed by atoms with van der Waals surface area (Å²) in [4.78, 5) is 24.6. The fourth-order valence-electron chi connectivity index (χ4n) is 3.17. The standard InChI is InChI=1S/C31H36O10/c1-4-34-20-39-28-14-10-25(11-15-28)30(32)36-19-24(3)38-22-41-29-16-12-26(13-17-29)31(33)35-18-23(2)37-21-40-27-8-6-5-7-9-27/h5-17,23-24H,4,18-22H2,1-3H3. The number of carbonyl (C=O) groups excluding carboxylic acids is 2. The van der Waals surface area contributed by atoms with Gasteiger partial charge in [0.1, 0.15) is 30.5 Å². The number of para-hydroxylation sites is 1. The van der Waals surface area contributed by atoms with Crippen LogP contribution in [0, 0.1) is 0 Å². The van der Waals surface area contributed by atoms with Crippen LogP contribution in [0.5, 0.6) is 17.2 Å². The van der Waals surface area contributed by atoms with Gasteiger partial charge in [0.05, 0.1) is 23.3 Å². The minimum atomic E-state index is -0.477. The molecule has 0 amide bonds. The maximum Gasteiger partial charge on any atom is 0.338 e. The van der Waals surface area contributed by atoms with E-state index in [1.165, 1.54) is 0 Å². The molecule has 0 saturated carbocycles. The number of benzene rings is 3. The first kappa shape index (κ1) is 31.4. The first-order valence-corrected chi connectivity index (χ1v) is 13.2. The Balaban J connectivity index is 1.28. The van der Waals surface area contributed by atoms with Gasteiger partial charge in [-0.15, -0.1) is 0 Å². The normalized spacial score (nSPS) is 12.2. The van der Waals surface area contributed by atoms with Crippen LogP contribution in [0.25, 0.3) is 0 Å². The molecular formula is C31H36O10. The largest absolute Gasteiger partial charge is 0.468 e. The van der Waals surface area contributed by atoms with Crippen LogP contribution in [-0.2, 0) is 23.7 Å². The van der Waals surface area contributed by atoms with Crippen molar-refractivity contribution in [3.05, 3.63) is 90.0 Å². The Morgan fingerprint density at radius 1 is 0.585 bits per heavy atom. The van der Waals surface area contributed by atoms with Crippen molar-refractivity contribution in [2.75, 3.05) is 40.2 Å². The number of ether oxygens (including phenoxy) is 8. The lowest BCUT2D eigenvalue weighted by molar-refractivity contribution is -0.0546. The molecule has 0 aliphatic heterocycles. The molecule has 220 valence electrons. The smallest absolute Gasteiger partial charge is 0.338 e. The van der Waals surface area contributed by atoms with Crippen molar-refractivity contribution in [2.45, 2.75) is 33.0 Å². The van der Waals surface area contributed by atoms with E-state index in [2.05, 4.69) is 0 Å². The average molecular weight is 569 g/mol. The molecule has 2 unspecified atom stereocenters. The summed E-state index contributed by atoms with van der Waals surface area (Å²) < 4.78 is 43.2. The first-order chi connectivity index (χ1) is 19.9. The van der Waals surface area contributed by atoms with Gasteiger partial charge in [-0.1, -0.05) is 18.2 Å². The monoisotopic (exact) mass is 568 g/mol. The van der Waals surface area contributed by atoms with Crippen LogP contribution >= 0.6 is 0 Å². The van der Waals surface area contributed by atoms with Crippen LogP contribution in [0.15, 0.2) is 78.9 Å². The highest BCUT2D eigenvalue weighted by atomic mass is 16.7. The molecule has 0 fully saturated rings. The van der Waals surface area contributed by atoms with Gasteiger partial charge in [0.2, 0.25) is 0 Å². The number of carbonyl (C=O) groups is 2. The average Bonchev–Trinajstić information content (AvgIpc) is 3.00. The number of rotatable bonds is 18. The van der Waals surface area contributed by atoms with Crippen LogP contribution in [0.2, 0.25) is 0 Å². The highest BCUT2D eigenvalue weighted by Gasteiger charge is 2.13. The summed E-state index contributed by atoms with van der Waals surface area (Å²) >= 11 is 0. The van der Waals surface area contributed by atoms with E-state index in [1.807, 2.05) is 37.3 Å². The summed E-state index contributed by atoms with van der Waals surface area (Å²) in [5.41, 5.74) is 0.773. The zero-order valence-corrected chi connectivity index (χ0v) is 23.5. The van der Waals surface area contributed by atoms with Crippen molar-refractivity contribution in [1.29, 1.82) is 0 Å². The molecule has 0 aliphatic carbocycles. The van der Waals surface area contributed by atoms with Gasteiger partial charge >= 0.3 is 11.9 Å². The van der Waals surface area contributed by atoms with Crippen molar-refractivity contribution >= 4 is 11.9 Å². The molecule has 2 atom stereocenters. The molecule has 10 nitrogen and oxygen atoms in total. The van der Waals surface area contributed by atoms with Crippen molar-refractivity contribution in [2.24, 2.45) is 0 Å². The fraction of sp³-hybridized carbons (Fsp3) is 0.355. The van der Waals surface area contributed by atoms with Crippen LogP contribution in [-0.4, -0.2) is 64.3 Å². The summed E-state index contributed by atoms with van der Waals surface area (Å²) in [6.45, 7) is 6.26. The molecule has 3 aromatic carbocycles. The van der Waals surface area contributed by atoms with Crippen LogP contribution in [0.3, 0.4) is 0 Å². The van der Waals surface area contributed by atoms with Gasteiger partial charge in [0, 0.05) is 6.61 Å². The molecule has 0 aliphatic rings. The topological polar surface area (TPSA) is 108 Å². The molecular weight excluding hydrogens is 532 g/mol. The van der Waals surface area contributed by atoms with E-state index in [9.17, 15) is 9.59 Å². The van der Waals surface area contributed by atoms with Crippen molar-refractivity contribution < 1.29 is 47.5 Å². The minimum Gasteiger partial charge on any atom is -0.468 e. The Hall–Kier alpha value is -4.12. The molecule has 0 saturated heterocycles. The Labute approximate surface area is 240 Å². The van der Waals surface area contributed by atoms with E-state index in [-0.39, 0.29) is 39.7 Å². The summed E-state index contributed by atoms with van der Waals surface area (Å²) in [6, 6.07) is 22.4. The first-order valence-electron chi connectivity index (χ1n) is 13.2. The predicted molar refractivity (Wildman–Crippen MR) is 149 cm³/mol.